The molecule has 4 heterocycles. The number of imidazole rings is 1. The molecule has 1 fully saturated rings. The summed E-state index contributed by atoms with van der Waals surface area (Å²) in [6.07, 6.45) is -0.477. The second-order valence-corrected chi connectivity index (χ2v) is 7.52. The van der Waals surface area contributed by atoms with Gasteiger partial charge in [-0.2, -0.15) is 13.2 Å². The van der Waals surface area contributed by atoms with Crippen LogP contribution in [0.2, 0.25) is 0 Å². The van der Waals surface area contributed by atoms with E-state index in [1.54, 1.807) is 23.4 Å². The molecule has 3 aromatic heterocycles. The third kappa shape index (κ3) is 3.68. The first-order chi connectivity index (χ1) is 15.4. The molecule has 10 heteroatoms. The summed E-state index contributed by atoms with van der Waals surface area (Å²) >= 11 is 0. The second-order valence-electron chi connectivity index (χ2n) is 7.52. The van der Waals surface area contributed by atoms with Crippen LogP contribution in [0.3, 0.4) is 0 Å². The van der Waals surface area contributed by atoms with Crippen molar-refractivity contribution in [3.8, 4) is 11.6 Å². The van der Waals surface area contributed by atoms with Crippen molar-refractivity contribution >= 4 is 22.9 Å². The van der Waals surface area contributed by atoms with Crippen LogP contribution in [0.4, 0.5) is 23.7 Å². The number of benzene rings is 1. The van der Waals surface area contributed by atoms with E-state index >= 15 is 0 Å². The number of halogens is 3. The first-order valence-corrected chi connectivity index (χ1v) is 10.00. The van der Waals surface area contributed by atoms with Crippen LogP contribution in [0, 0.1) is 0 Å². The lowest BCUT2D eigenvalue weighted by molar-refractivity contribution is -0.137. The number of carbonyl (C=O) groups excluding carboxylic acids is 1. The molecule has 1 aliphatic heterocycles. The number of furan rings is 1. The summed E-state index contributed by atoms with van der Waals surface area (Å²) in [5.74, 6) is 1.24. The molecule has 32 heavy (non-hydrogen) atoms. The summed E-state index contributed by atoms with van der Waals surface area (Å²) in [6.45, 7) is 0.892. The number of nitrogens with one attached hydrogen (secondary N) is 1. The van der Waals surface area contributed by atoms with Gasteiger partial charge in [0.1, 0.15) is 5.52 Å². The van der Waals surface area contributed by atoms with E-state index in [9.17, 15) is 18.0 Å². The maximum Gasteiger partial charge on any atom is 0.416 e. The smallest absolute Gasteiger partial charge is 0.416 e. The minimum Gasteiger partial charge on any atom is -0.461 e. The maximum atomic E-state index is 12.7. The van der Waals surface area contributed by atoms with Crippen molar-refractivity contribution in [2.24, 2.45) is 0 Å². The molecule has 1 aromatic carbocycles. The SMILES string of the molecule is O=C(Nc1ccc(C(F)(F)F)cc1)N1CC[C@H](n2c(-c3ccco3)nc3cccnc32)C1. The van der Waals surface area contributed by atoms with Crippen LogP contribution in [-0.4, -0.2) is 38.6 Å². The van der Waals surface area contributed by atoms with Gasteiger partial charge in [-0.05, 0) is 55.0 Å². The number of hydrogen-bond acceptors (Lipinski definition) is 4. The van der Waals surface area contributed by atoms with Gasteiger partial charge in [0.15, 0.2) is 17.2 Å². The van der Waals surface area contributed by atoms with Gasteiger partial charge in [-0.3, -0.25) is 0 Å². The molecule has 1 saturated heterocycles. The fourth-order valence-electron chi connectivity index (χ4n) is 3.94. The van der Waals surface area contributed by atoms with Crippen molar-refractivity contribution in [3.63, 3.8) is 0 Å². The Balaban J connectivity index is 1.35. The molecule has 2 amide bonds. The number of urea groups is 1. The molecule has 5 rings (SSSR count). The normalized spacial score (nSPS) is 16.6. The molecule has 1 aliphatic rings. The van der Waals surface area contributed by atoms with Gasteiger partial charge >= 0.3 is 12.2 Å². The largest absolute Gasteiger partial charge is 0.461 e. The molecule has 1 N–H and O–H groups in total. The maximum absolute atomic E-state index is 12.7. The van der Waals surface area contributed by atoms with E-state index in [-0.39, 0.29) is 12.1 Å². The lowest BCUT2D eigenvalue weighted by atomic mass is 10.2. The first-order valence-electron chi connectivity index (χ1n) is 10.00. The topological polar surface area (TPSA) is 76.2 Å². The highest BCUT2D eigenvalue weighted by Gasteiger charge is 2.32. The number of aromatic nitrogens is 3. The number of rotatable bonds is 3. The molecule has 0 radical (unpaired) electrons. The van der Waals surface area contributed by atoms with Gasteiger partial charge in [0.2, 0.25) is 0 Å². The number of hydrogen-bond donors (Lipinski definition) is 1. The minimum atomic E-state index is -4.42. The monoisotopic (exact) mass is 441 g/mol. The molecular weight excluding hydrogens is 423 g/mol. The van der Waals surface area contributed by atoms with Gasteiger partial charge in [-0.25, -0.2) is 14.8 Å². The van der Waals surface area contributed by atoms with Gasteiger partial charge < -0.3 is 19.2 Å². The van der Waals surface area contributed by atoms with Crippen molar-refractivity contribution in [1.82, 2.24) is 19.4 Å². The molecule has 1 atom stereocenters. The number of alkyl halides is 3. The summed E-state index contributed by atoms with van der Waals surface area (Å²) in [5, 5.41) is 2.67. The van der Waals surface area contributed by atoms with Gasteiger partial charge in [0.05, 0.1) is 17.9 Å². The number of carbonyl (C=O) groups is 1. The lowest BCUT2D eigenvalue weighted by Crippen LogP contribution is -2.33. The third-order valence-corrected chi connectivity index (χ3v) is 5.47. The summed E-state index contributed by atoms with van der Waals surface area (Å²) in [4.78, 5) is 23.5. The van der Waals surface area contributed by atoms with E-state index < -0.39 is 11.7 Å². The van der Waals surface area contributed by atoms with E-state index in [0.717, 1.165) is 17.6 Å². The highest BCUT2D eigenvalue weighted by Crippen LogP contribution is 2.33. The molecule has 0 saturated carbocycles. The van der Waals surface area contributed by atoms with Crippen molar-refractivity contribution in [2.45, 2.75) is 18.6 Å². The van der Waals surface area contributed by atoms with E-state index in [0.29, 0.717) is 42.4 Å². The Bertz CT molecular complexity index is 1250. The van der Waals surface area contributed by atoms with Crippen LogP contribution < -0.4 is 5.32 Å². The fourth-order valence-corrected chi connectivity index (χ4v) is 3.94. The average Bonchev–Trinajstić information content (AvgIpc) is 3.51. The van der Waals surface area contributed by atoms with Gasteiger partial charge in [0, 0.05) is 25.0 Å². The number of likely N-dealkylation sites (tertiary alicyclic amines) is 1. The van der Waals surface area contributed by atoms with E-state index in [1.165, 1.54) is 12.1 Å². The van der Waals surface area contributed by atoms with Gasteiger partial charge in [-0.15, -0.1) is 0 Å². The molecule has 0 unspecified atom stereocenters. The lowest BCUT2D eigenvalue weighted by Gasteiger charge is -2.19. The number of amides is 2. The molecule has 164 valence electrons. The van der Waals surface area contributed by atoms with Crippen molar-refractivity contribution < 1.29 is 22.4 Å². The minimum absolute atomic E-state index is 0.0756. The second kappa shape index (κ2) is 7.70. The predicted octanol–water partition coefficient (Wildman–Crippen LogP) is 5.19. The van der Waals surface area contributed by atoms with E-state index in [1.807, 2.05) is 22.8 Å². The van der Waals surface area contributed by atoms with Crippen molar-refractivity contribution in [1.29, 1.82) is 0 Å². The van der Waals surface area contributed by atoms with Gasteiger partial charge in [0.25, 0.3) is 0 Å². The zero-order valence-electron chi connectivity index (χ0n) is 16.7. The molecule has 7 nitrogen and oxygen atoms in total. The van der Waals surface area contributed by atoms with Crippen LogP contribution in [0.1, 0.15) is 18.0 Å². The molecule has 4 aromatic rings. The highest BCUT2D eigenvalue weighted by molar-refractivity contribution is 5.89. The quantitative estimate of drug-likeness (QED) is 0.475. The third-order valence-electron chi connectivity index (χ3n) is 5.47. The first kappa shape index (κ1) is 20.1. The Morgan fingerprint density at radius 3 is 2.66 bits per heavy atom. The Kier molecular flexibility index (Phi) is 4.84. The summed E-state index contributed by atoms with van der Waals surface area (Å²) < 4.78 is 45.7. The van der Waals surface area contributed by atoms with Crippen molar-refractivity contribution in [3.05, 3.63) is 66.6 Å². The Labute approximate surface area is 180 Å². The Hall–Kier alpha value is -3.82. The Morgan fingerprint density at radius 2 is 1.94 bits per heavy atom. The summed E-state index contributed by atoms with van der Waals surface area (Å²) in [6, 6.07) is 11.2. The molecule has 0 aliphatic carbocycles. The Morgan fingerprint density at radius 1 is 1.12 bits per heavy atom. The molecule has 0 spiro atoms. The number of nitrogens with zero attached hydrogens (tertiary/aromatic N) is 4. The number of anilines is 1. The number of fused-ring (bicyclic) bond motifs is 1. The van der Waals surface area contributed by atoms with Crippen LogP contribution in [0.15, 0.2) is 65.4 Å². The van der Waals surface area contributed by atoms with Crippen LogP contribution >= 0.6 is 0 Å². The van der Waals surface area contributed by atoms with E-state index in [4.69, 9.17) is 4.42 Å². The predicted molar refractivity (Wildman–Crippen MR) is 111 cm³/mol. The fraction of sp³-hybridized carbons (Fsp3) is 0.227. The van der Waals surface area contributed by atoms with Crippen molar-refractivity contribution in [2.75, 3.05) is 18.4 Å². The van der Waals surface area contributed by atoms with Crippen LogP contribution in [0.25, 0.3) is 22.7 Å². The van der Waals surface area contributed by atoms with Gasteiger partial charge in [-0.1, -0.05) is 0 Å². The summed E-state index contributed by atoms with van der Waals surface area (Å²) in [5.41, 5.74) is 0.972. The number of pyridine rings is 1. The van der Waals surface area contributed by atoms with E-state index in [2.05, 4.69) is 15.3 Å². The zero-order valence-corrected chi connectivity index (χ0v) is 16.7. The summed E-state index contributed by atoms with van der Waals surface area (Å²) in [7, 11) is 0. The zero-order chi connectivity index (χ0) is 22.3. The molecular formula is C22H18F3N5O2. The average molecular weight is 441 g/mol. The van der Waals surface area contributed by atoms with Crippen LogP contribution in [-0.2, 0) is 6.18 Å². The standard InChI is InChI=1S/C22H18F3N5O2/c23-22(24,25)14-5-7-15(8-6-14)27-21(31)29-11-9-16(13-29)30-19-17(3-1-10-26-19)28-20(30)18-4-2-12-32-18/h1-8,10,12,16H,9,11,13H2,(H,27,31)/t16-/m0/s1. The highest BCUT2D eigenvalue weighted by atomic mass is 19.4. The van der Waals surface area contributed by atoms with Crippen LogP contribution in [0.5, 0.6) is 0 Å². The molecule has 0 bridgehead atoms.